The number of fused-ring (bicyclic) bond motifs is 1. The third kappa shape index (κ3) is 9.93. The molecule has 51 heavy (non-hydrogen) atoms. The summed E-state index contributed by atoms with van der Waals surface area (Å²) >= 11 is 0. The van der Waals surface area contributed by atoms with Gasteiger partial charge in [0.15, 0.2) is 0 Å². The van der Waals surface area contributed by atoms with Crippen LogP contribution in [0.25, 0.3) is 0 Å². The summed E-state index contributed by atoms with van der Waals surface area (Å²) in [6.07, 6.45) is 6.37. The zero-order valence-electron chi connectivity index (χ0n) is 29.9. The molecule has 5 rings (SSSR count). The smallest absolute Gasteiger partial charge is 0.242 e. The quantitative estimate of drug-likeness (QED) is 0.144. The summed E-state index contributed by atoms with van der Waals surface area (Å²) in [6, 6.07) is 19.5. The van der Waals surface area contributed by atoms with E-state index in [1.54, 1.807) is 54.3 Å². The molecule has 0 saturated heterocycles. The molecule has 2 aliphatic rings. The molecule has 0 N–H and O–H groups in total. The number of amides is 3. The summed E-state index contributed by atoms with van der Waals surface area (Å²) in [7, 11) is 3.53. The van der Waals surface area contributed by atoms with Gasteiger partial charge in [0.25, 0.3) is 0 Å². The van der Waals surface area contributed by atoms with Gasteiger partial charge < -0.3 is 28.9 Å². The number of pyridine rings is 1. The van der Waals surface area contributed by atoms with Gasteiger partial charge in [0.05, 0.1) is 18.0 Å². The SMILES string of the molecule is CCN1C(=O)C(C)(C)C(=O)N(C)c2cc(OCCCN(CCN(C)C(=O)C(Cc3ccccc3)C3=COCO3)Cc3ccncc3)ccc21.Cl.Cl. The Hall–Kier alpha value is -4.32. The number of anilines is 2. The fourth-order valence-corrected chi connectivity index (χ4v) is 6.23. The molecule has 1 aromatic heterocycles. The van der Waals surface area contributed by atoms with Crippen molar-refractivity contribution in [3.05, 3.63) is 96.2 Å². The van der Waals surface area contributed by atoms with Crippen molar-refractivity contribution in [3.63, 3.8) is 0 Å². The molecular formula is C38H49Cl2N5O6. The van der Waals surface area contributed by atoms with Gasteiger partial charge in [-0.2, -0.15) is 0 Å². The normalized spacial score (nSPS) is 15.4. The van der Waals surface area contributed by atoms with Crippen molar-refractivity contribution < 1.29 is 28.6 Å². The molecule has 0 fully saturated rings. The largest absolute Gasteiger partial charge is 0.493 e. The number of nitrogens with zero attached hydrogens (tertiary/aromatic N) is 5. The van der Waals surface area contributed by atoms with Gasteiger partial charge in [-0.15, -0.1) is 24.8 Å². The highest BCUT2D eigenvalue weighted by molar-refractivity contribution is 6.20. The Kier molecular flexibility index (Phi) is 15.1. The van der Waals surface area contributed by atoms with Gasteiger partial charge in [-0.25, -0.2) is 0 Å². The maximum atomic E-state index is 13.7. The highest BCUT2D eigenvalue weighted by atomic mass is 35.5. The molecule has 11 nitrogen and oxygen atoms in total. The van der Waals surface area contributed by atoms with E-state index in [0.29, 0.717) is 62.1 Å². The average Bonchev–Trinajstić information content (AvgIpc) is 3.65. The monoisotopic (exact) mass is 741 g/mol. The number of carbonyl (C=O) groups is 3. The Balaban J connectivity index is 0.00000351. The molecule has 0 aliphatic carbocycles. The molecule has 1 atom stereocenters. The summed E-state index contributed by atoms with van der Waals surface area (Å²) in [4.78, 5) is 51.6. The minimum atomic E-state index is -1.17. The minimum Gasteiger partial charge on any atom is -0.493 e. The molecule has 2 aromatic carbocycles. The second-order valence-corrected chi connectivity index (χ2v) is 13.0. The predicted molar refractivity (Wildman–Crippen MR) is 202 cm³/mol. The zero-order valence-corrected chi connectivity index (χ0v) is 31.6. The highest BCUT2D eigenvalue weighted by Crippen LogP contribution is 2.40. The van der Waals surface area contributed by atoms with Crippen LogP contribution < -0.4 is 14.5 Å². The predicted octanol–water partition coefficient (Wildman–Crippen LogP) is 5.71. The first-order valence-corrected chi connectivity index (χ1v) is 16.8. The second-order valence-electron chi connectivity index (χ2n) is 13.0. The van der Waals surface area contributed by atoms with E-state index in [1.807, 2.05) is 74.6 Å². The molecular weight excluding hydrogens is 693 g/mol. The van der Waals surface area contributed by atoms with E-state index in [9.17, 15) is 14.4 Å². The van der Waals surface area contributed by atoms with Crippen LogP contribution in [0.2, 0.25) is 0 Å². The topological polar surface area (TPSA) is 105 Å². The average molecular weight is 743 g/mol. The van der Waals surface area contributed by atoms with Gasteiger partial charge >= 0.3 is 0 Å². The van der Waals surface area contributed by atoms with E-state index in [4.69, 9.17) is 14.2 Å². The zero-order chi connectivity index (χ0) is 35.0. The Morgan fingerprint density at radius 3 is 2.35 bits per heavy atom. The number of aromatic nitrogens is 1. The molecule has 3 heterocycles. The van der Waals surface area contributed by atoms with E-state index in [0.717, 1.165) is 24.1 Å². The van der Waals surface area contributed by atoms with Crippen LogP contribution in [0.15, 0.2) is 85.1 Å². The Bertz CT molecular complexity index is 1640. The third-order valence-corrected chi connectivity index (χ3v) is 9.12. The first-order chi connectivity index (χ1) is 23.6. The van der Waals surface area contributed by atoms with Crippen molar-refractivity contribution in [2.75, 3.05) is 63.5 Å². The summed E-state index contributed by atoms with van der Waals surface area (Å²) < 4.78 is 17.2. The van der Waals surface area contributed by atoms with Crippen LogP contribution in [0.4, 0.5) is 11.4 Å². The molecule has 3 aromatic rings. The number of halogens is 2. The molecule has 0 bridgehead atoms. The Morgan fingerprint density at radius 2 is 1.69 bits per heavy atom. The number of ether oxygens (including phenoxy) is 3. The van der Waals surface area contributed by atoms with Crippen LogP contribution >= 0.6 is 24.8 Å². The Morgan fingerprint density at radius 1 is 0.961 bits per heavy atom. The molecule has 2 aliphatic heterocycles. The van der Waals surface area contributed by atoms with Crippen LogP contribution in [-0.2, 0) is 36.8 Å². The van der Waals surface area contributed by atoms with Crippen molar-refractivity contribution in [3.8, 4) is 5.75 Å². The van der Waals surface area contributed by atoms with E-state index >= 15 is 0 Å². The minimum absolute atomic E-state index is 0. The molecule has 0 saturated carbocycles. The van der Waals surface area contributed by atoms with Gasteiger partial charge in [-0.1, -0.05) is 30.3 Å². The van der Waals surface area contributed by atoms with Crippen LogP contribution in [0, 0.1) is 11.3 Å². The molecule has 1 unspecified atom stereocenters. The summed E-state index contributed by atoms with van der Waals surface area (Å²) in [6.45, 7) is 8.88. The maximum absolute atomic E-state index is 13.7. The number of benzene rings is 2. The van der Waals surface area contributed by atoms with Crippen molar-refractivity contribution in [2.45, 2.75) is 40.2 Å². The molecule has 3 amide bonds. The number of hydrogen-bond donors (Lipinski definition) is 0. The number of carbonyl (C=O) groups excluding carboxylic acids is 3. The van der Waals surface area contributed by atoms with Crippen LogP contribution in [0.1, 0.15) is 38.3 Å². The lowest BCUT2D eigenvalue weighted by atomic mass is 9.90. The molecule has 13 heteroatoms. The van der Waals surface area contributed by atoms with E-state index < -0.39 is 11.3 Å². The van der Waals surface area contributed by atoms with E-state index in [2.05, 4.69) is 9.88 Å². The first-order valence-electron chi connectivity index (χ1n) is 16.8. The van der Waals surface area contributed by atoms with Crippen LogP contribution in [0.5, 0.6) is 5.75 Å². The maximum Gasteiger partial charge on any atom is 0.242 e. The highest BCUT2D eigenvalue weighted by Gasteiger charge is 2.45. The van der Waals surface area contributed by atoms with Crippen molar-refractivity contribution in [1.29, 1.82) is 0 Å². The summed E-state index contributed by atoms with van der Waals surface area (Å²) in [5.41, 5.74) is 2.35. The van der Waals surface area contributed by atoms with Gasteiger partial charge in [0, 0.05) is 65.3 Å². The van der Waals surface area contributed by atoms with Crippen molar-refractivity contribution >= 4 is 53.9 Å². The van der Waals surface area contributed by atoms with Crippen LogP contribution in [-0.4, -0.2) is 86.2 Å². The van der Waals surface area contributed by atoms with Gasteiger partial charge in [0.1, 0.15) is 29.1 Å². The van der Waals surface area contributed by atoms with Gasteiger partial charge in [0.2, 0.25) is 24.5 Å². The second kappa shape index (κ2) is 18.8. The number of rotatable bonds is 15. The number of hydrogen-bond acceptors (Lipinski definition) is 8. The lowest BCUT2D eigenvalue weighted by molar-refractivity contribution is -0.137. The molecule has 0 radical (unpaired) electrons. The summed E-state index contributed by atoms with van der Waals surface area (Å²) in [5.74, 6) is 0.217. The standard InChI is InChI=1S/C38H47N5O6.2ClH/c1-6-43-32-14-13-30(24-33(32)41(5)36(45)38(2,3)37(43)46)48-22-10-19-42(25-29-15-17-39-18-16-29)21-20-40(4)35(44)31(34-26-47-27-49-34)23-28-11-8-7-9-12-28;;/h7-9,11-18,24,26,31H,6,10,19-23,25,27H2,1-5H3;2*1H. The van der Waals surface area contributed by atoms with Gasteiger partial charge in [-0.3, -0.25) is 24.3 Å². The van der Waals surface area contributed by atoms with Crippen molar-refractivity contribution in [1.82, 2.24) is 14.8 Å². The van der Waals surface area contributed by atoms with E-state index in [-0.39, 0.29) is 49.3 Å². The molecule has 0 spiro atoms. The third-order valence-electron chi connectivity index (χ3n) is 9.12. The summed E-state index contributed by atoms with van der Waals surface area (Å²) in [5, 5.41) is 0. The van der Waals surface area contributed by atoms with Crippen LogP contribution in [0.3, 0.4) is 0 Å². The fourth-order valence-electron chi connectivity index (χ4n) is 6.23. The van der Waals surface area contributed by atoms with Gasteiger partial charge in [-0.05, 0) is 69.0 Å². The fraction of sp³-hybridized carbons (Fsp3) is 0.421. The molecule has 276 valence electrons. The lowest BCUT2D eigenvalue weighted by Gasteiger charge is -2.28. The lowest BCUT2D eigenvalue weighted by Crippen LogP contribution is -2.47. The van der Waals surface area contributed by atoms with Crippen molar-refractivity contribution in [2.24, 2.45) is 11.3 Å². The Labute approximate surface area is 313 Å². The van der Waals surface area contributed by atoms with E-state index in [1.165, 1.54) is 0 Å². The number of likely N-dealkylation sites (N-methyl/N-ethyl adjacent to an activating group) is 1. The first kappa shape index (κ1) is 41.1.